The van der Waals surface area contributed by atoms with Gasteiger partial charge in [-0.15, -0.1) is 0 Å². The van der Waals surface area contributed by atoms with Crippen molar-refractivity contribution >= 4 is 39.0 Å². The van der Waals surface area contributed by atoms with Crippen molar-refractivity contribution in [3.05, 3.63) is 88.4 Å². The molecule has 0 N–H and O–H groups in total. The van der Waals surface area contributed by atoms with E-state index in [0.29, 0.717) is 27.4 Å². The van der Waals surface area contributed by atoms with Gasteiger partial charge < -0.3 is 0 Å². The monoisotopic (exact) mass is 437 g/mol. The fourth-order valence-corrected chi connectivity index (χ4v) is 5.24. The van der Waals surface area contributed by atoms with E-state index < -0.39 is 16.1 Å². The zero-order chi connectivity index (χ0) is 21.5. The molecule has 0 radical (unpaired) electrons. The van der Waals surface area contributed by atoms with Crippen LogP contribution in [-0.4, -0.2) is 14.4 Å². The third-order valence-corrected chi connectivity index (χ3v) is 6.84. The van der Waals surface area contributed by atoms with Gasteiger partial charge in [-0.1, -0.05) is 41.9 Å². The van der Waals surface area contributed by atoms with Gasteiger partial charge in [-0.2, -0.15) is 9.57 Å². The second-order valence-corrected chi connectivity index (χ2v) is 9.04. The van der Waals surface area contributed by atoms with Crippen LogP contribution < -0.4 is 9.21 Å². The van der Waals surface area contributed by atoms with Crippen LogP contribution in [0.1, 0.15) is 16.7 Å². The smallest absolute Gasteiger partial charge is 0.287 e. The van der Waals surface area contributed by atoms with Gasteiger partial charge in [0.05, 0.1) is 29.6 Å². The Kier molecular flexibility index (Phi) is 4.98. The van der Waals surface area contributed by atoms with E-state index in [1.807, 2.05) is 0 Å². The molecule has 0 saturated carbocycles. The molecule has 1 aliphatic rings. The maximum atomic E-state index is 13.5. The molecule has 0 atom stereocenters. The van der Waals surface area contributed by atoms with Gasteiger partial charge in [0.15, 0.2) is 0 Å². The molecule has 3 aromatic rings. The Morgan fingerprint density at radius 1 is 1.00 bits per heavy atom. The highest BCUT2D eigenvalue weighted by Gasteiger charge is 2.43. The van der Waals surface area contributed by atoms with Gasteiger partial charge in [0.2, 0.25) is 0 Å². The number of para-hydroxylation sites is 1. The molecule has 30 heavy (non-hydrogen) atoms. The van der Waals surface area contributed by atoms with Crippen LogP contribution in [0, 0.1) is 18.3 Å². The van der Waals surface area contributed by atoms with Crippen molar-refractivity contribution in [2.24, 2.45) is 0 Å². The largest absolute Gasteiger partial charge is 0.343 e. The first-order valence-corrected chi connectivity index (χ1v) is 10.9. The minimum Gasteiger partial charge on any atom is -0.287 e. The van der Waals surface area contributed by atoms with Crippen molar-refractivity contribution in [3.63, 3.8) is 0 Å². The number of hydrogen-bond acceptors (Lipinski definition) is 4. The number of fused-ring (bicyclic) bond motifs is 1. The van der Waals surface area contributed by atoms with E-state index >= 15 is 0 Å². The lowest BCUT2D eigenvalue weighted by molar-refractivity contribution is 0.253. The van der Waals surface area contributed by atoms with E-state index in [0.717, 1.165) is 4.31 Å². The summed E-state index contributed by atoms with van der Waals surface area (Å²) in [7, 11) is -4.13. The lowest BCUT2D eigenvalue weighted by atomic mass is 10.1. The number of sulfonamides is 1. The molecular weight excluding hydrogens is 422 g/mol. The van der Waals surface area contributed by atoms with Crippen molar-refractivity contribution in [1.29, 1.82) is 5.26 Å². The number of urea groups is 1. The van der Waals surface area contributed by atoms with Gasteiger partial charge in [-0.05, 0) is 54.4 Å². The van der Waals surface area contributed by atoms with E-state index in [1.54, 1.807) is 61.5 Å². The van der Waals surface area contributed by atoms with Crippen molar-refractivity contribution in [2.75, 3.05) is 9.21 Å². The highest BCUT2D eigenvalue weighted by Crippen LogP contribution is 2.39. The van der Waals surface area contributed by atoms with Gasteiger partial charge in [0, 0.05) is 5.02 Å². The second-order valence-electron chi connectivity index (χ2n) is 6.85. The van der Waals surface area contributed by atoms with Gasteiger partial charge in [-0.25, -0.2) is 13.2 Å². The number of anilines is 2. The Labute approximate surface area is 179 Å². The normalized spacial score (nSPS) is 14.9. The third kappa shape index (κ3) is 3.30. The summed E-state index contributed by atoms with van der Waals surface area (Å²) >= 11 is 6.10. The SMILES string of the molecule is Cc1ccc(Cl)cc1N1C(=O)N(Cc2cccc(C#N)c2)c2ccccc2S1(=O)=O. The summed E-state index contributed by atoms with van der Waals surface area (Å²) in [4.78, 5) is 14.9. The first-order valence-electron chi connectivity index (χ1n) is 9.04. The predicted octanol–water partition coefficient (Wildman–Crippen LogP) is 4.86. The average molecular weight is 438 g/mol. The van der Waals surface area contributed by atoms with Crippen LogP contribution in [0.25, 0.3) is 0 Å². The lowest BCUT2D eigenvalue weighted by Gasteiger charge is -2.36. The van der Waals surface area contributed by atoms with Gasteiger partial charge >= 0.3 is 6.03 Å². The summed E-state index contributed by atoms with van der Waals surface area (Å²) in [6, 6.07) is 19.4. The quantitative estimate of drug-likeness (QED) is 0.586. The molecule has 1 heterocycles. The van der Waals surface area contributed by atoms with Crippen molar-refractivity contribution < 1.29 is 13.2 Å². The molecule has 0 saturated heterocycles. The van der Waals surface area contributed by atoms with Crippen LogP contribution in [0.5, 0.6) is 0 Å². The lowest BCUT2D eigenvalue weighted by Crippen LogP contribution is -2.51. The van der Waals surface area contributed by atoms with Crippen LogP contribution in [0.3, 0.4) is 0 Å². The maximum Gasteiger partial charge on any atom is 0.343 e. The van der Waals surface area contributed by atoms with Crippen LogP contribution in [0.15, 0.2) is 71.6 Å². The molecule has 0 unspecified atom stereocenters. The van der Waals surface area contributed by atoms with Gasteiger partial charge in [-0.3, -0.25) is 4.90 Å². The molecule has 8 heteroatoms. The maximum absolute atomic E-state index is 13.5. The molecule has 4 rings (SSSR count). The molecule has 6 nitrogen and oxygen atoms in total. The molecule has 3 aromatic carbocycles. The number of halogens is 1. The van der Waals surface area contributed by atoms with E-state index in [9.17, 15) is 13.2 Å². The summed E-state index contributed by atoms with van der Waals surface area (Å²) in [5.74, 6) is 0. The Hall–Kier alpha value is -3.34. The molecule has 0 aliphatic carbocycles. The standard InChI is InChI=1S/C22H16ClN3O3S/c1-15-9-10-18(23)12-20(15)26-22(27)25(14-17-6-4-5-16(11-17)13-24)19-7-2-3-8-21(19)30(26,28)29/h2-12H,14H2,1H3. The number of carbonyl (C=O) groups excluding carboxylic acids is 1. The zero-order valence-electron chi connectivity index (χ0n) is 15.9. The fourth-order valence-electron chi connectivity index (χ4n) is 3.42. The van der Waals surface area contributed by atoms with Crippen LogP contribution in [0.2, 0.25) is 5.02 Å². The first kappa shape index (κ1) is 20.0. The number of nitrogens with zero attached hydrogens (tertiary/aromatic N) is 3. The van der Waals surface area contributed by atoms with E-state index in [-0.39, 0.29) is 17.1 Å². The van der Waals surface area contributed by atoms with E-state index in [4.69, 9.17) is 16.9 Å². The molecule has 2 amide bonds. The molecular formula is C22H16ClN3O3S. The van der Waals surface area contributed by atoms with E-state index in [1.165, 1.54) is 17.0 Å². The van der Waals surface area contributed by atoms with Crippen LogP contribution >= 0.6 is 11.6 Å². The number of rotatable bonds is 3. The molecule has 150 valence electrons. The van der Waals surface area contributed by atoms with Crippen LogP contribution in [-0.2, 0) is 16.6 Å². The number of aryl methyl sites for hydroxylation is 1. The third-order valence-electron chi connectivity index (χ3n) is 4.87. The Balaban J connectivity index is 1.89. The van der Waals surface area contributed by atoms with Crippen LogP contribution in [0.4, 0.5) is 16.2 Å². The average Bonchev–Trinajstić information content (AvgIpc) is 2.74. The Morgan fingerprint density at radius 3 is 2.53 bits per heavy atom. The molecule has 1 aliphatic heterocycles. The van der Waals surface area contributed by atoms with Gasteiger partial charge in [0.25, 0.3) is 10.0 Å². The number of hydrogen-bond donors (Lipinski definition) is 0. The predicted molar refractivity (Wildman–Crippen MR) is 115 cm³/mol. The second kappa shape index (κ2) is 7.48. The Bertz CT molecular complexity index is 1320. The highest BCUT2D eigenvalue weighted by molar-refractivity contribution is 7.94. The number of carbonyl (C=O) groups is 1. The van der Waals surface area contributed by atoms with E-state index in [2.05, 4.69) is 6.07 Å². The number of benzene rings is 3. The topological polar surface area (TPSA) is 81.5 Å². The molecule has 0 bridgehead atoms. The summed E-state index contributed by atoms with van der Waals surface area (Å²) in [5, 5.41) is 9.49. The summed E-state index contributed by atoms with van der Waals surface area (Å²) < 4.78 is 27.5. The summed E-state index contributed by atoms with van der Waals surface area (Å²) in [5.41, 5.74) is 2.26. The van der Waals surface area contributed by atoms with Crippen molar-refractivity contribution in [2.45, 2.75) is 18.4 Å². The minimum absolute atomic E-state index is 0.0282. The molecule has 0 spiro atoms. The Morgan fingerprint density at radius 2 is 1.77 bits per heavy atom. The highest BCUT2D eigenvalue weighted by atomic mass is 35.5. The summed E-state index contributed by atoms with van der Waals surface area (Å²) in [6.45, 7) is 1.83. The molecule has 0 aromatic heterocycles. The number of amides is 2. The van der Waals surface area contributed by atoms with Crippen molar-refractivity contribution in [1.82, 2.24) is 0 Å². The minimum atomic E-state index is -4.13. The first-order chi connectivity index (χ1) is 14.3. The fraction of sp³-hybridized carbons (Fsp3) is 0.0909. The van der Waals surface area contributed by atoms with Crippen molar-refractivity contribution in [3.8, 4) is 6.07 Å². The molecule has 0 fully saturated rings. The summed E-state index contributed by atoms with van der Waals surface area (Å²) in [6.07, 6.45) is 0. The van der Waals surface area contributed by atoms with Gasteiger partial charge in [0.1, 0.15) is 4.90 Å². The zero-order valence-corrected chi connectivity index (χ0v) is 17.5. The number of nitriles is 1.